The molecule has 0 spiro atoms. The summed E-state index contributed by atoms with van der Waals surface area (Å²) in [7, 11) is 1.71. The predicted octanol–water partition coefficient (Wildman–Crippen LogP) is 14.4. The Bertz CT molecular complexity index is 1800. The van der Waals surface area contributed by atoms with Gasteiger partial charge in [-0.15, -0.1) is 0 Å². The van der Waals surface area contributed by atoms with Crippen LogP contribution in [0.1, 0.15) is 216 Å². The fourth-order valence-corrected chi connectivity index (χ4v) is 10.6. The summed E-state index contributed by atoms with van der Waals surface area (Å²) in [6.07, 6.45) is 5.63. The lowest BCUT2D eigenvalue weighted by Crippen LogP contribution is -2.11. The monoisotopic (exact) mass is 833 g/mol. The Morgan fingerprint density at radius 3 is 0.803 bits per heavy atom. The van der Waals surface area contributed by atoms with Gasteiger partial charge in [0.1, 0.15) is 18.9 Å². The minimum absolute atomic E-state index is 0.0606. The van der Waals surface area contributed by atoms with Gasteiger partial charge in [0.25, 0.3) is 0 Å². The summed E-state index contributed by atoms with van der Waals surface area (Å²) >= 11 is 0. The molecule has 4 nitrogen and oxygen atoms in total. The minimum Gasteiger partial charge on any atom is -0.384 e. The van der Waals surface area contributed by atoms with Crippen molar-refractivity contribution >= 4 is 18.9 Å². The Morgan fingerprint density at radius 1 is 0.426 bits per heavy atom. The minimum atomic E-state index is -0.0632. The van der Waals surface area contributed by atoms with Crippen LogP contribution < -0.4 is 0 Å². The van der Waals surface area contributed by atoms with E-state index in [-0.39, 0.29) is 34.0 Å². The molecule has 61 heavy (non-hydrogen) atoms. The second kappa shape index (κ2) is 20.0. The molecule has 3 aliphatic carbocycles. The predicted molar refractivity (Wildman–Crippen MR) is 258 cm³/mol. The Morgan fingerprint density at radius 2 is 0.639 bits per heavy atom. The largest absolute Gasteiger partial charge is 0.384 e. The molecular formula is C57H84O4. The molecule has 0 heterocycles. The van der Waals surface area contributed by atoms with Crippen molar-refractivity contribution in [2.24, 2.45) is 35.5 Å². The highest BCUT2D eigenvalue weighted by molar-refractivity contribution is 5.68. The summed E-state index contributed by atoms with van der Waals surface area (Å²) < 4.78 is 5.31. The van der Waals surface area contributed by atoms with Crippen LogP contribution in [0.5, 0.6) is 0 Å². The molecule has 0 bridgehead atoms. The summed E-state index contributed by atoms with van der Waals surface area (Å²) in [5.74, 6) is 4.96. The third-order valence-electron chi connectivity index (χ3n) is 15.8. The number of hydrogen-bond donors (Lipinski definition) is 0. The lowest BCUT2D eigenvalue weighted by Gasteiger charge is -2.19. The molecule has 4 heteroatoms. The molecule has 0 saturated heterocycles. The summed E-state index contributed by atoms with van der Waals surface area (Å²) in [4.78, 5) is 34.1. The maximum atomic E-state index is 11.4. The number of benzene rings is 3. The first-order valence-electron chi connectivity index (χ1n) is 23.9. The van der Waals surface area contributed by atoms with Crippen LogP contribution in [-0.2, 0) is 35.4 Å². The molecular weight excluding hydrogens is 749 g/mol. The van der Waals surface area contributed by atoms with E-state index in [2.05, 4.69) is 172 Å². The number of carbonyl (C=O) groups is 3. The van der Waals surface area contributed by atoms with Gasteiger partial charge >= 0.3 is 0 Å². The van der Waals surface area contributed by atoms with Crippen LogP contribution in [0.25, 0.3) is 0 Å². The van der Waals surface area contributed by atoms with E-state index in [4.69, 9.17) is 4.74 Å². The van der Waals surface area contributed by atoms with Crippen molar-refractivity contribution in [1.82, 2.24) is 0 Å². The first-order chi connectivity index (χ1) is 28.6. The van der Waals surface area contributed by atoms with Gasteiger partial charge in [0.15, 0.2) is 0 Å². The van der Waals surface area contributed by atoms with Crippen LogP contribution in [0, 0.1) is 35.5 Å². The van der Waals surface area contributed by atoms with E-state index in [9.17, 15) is 14.4 Å². The SMILES string of the molecule is CC[C@@H]1[C@H](C=O)[C@]1(C)c1cc(C(C)C)cc(C(C)C)c1.CC[C@H]1[C@@H](C=O)[C@@]1(C)c1cc(C(C)C)cc(C(C)C)c1.COC[C@@H]1[C@@H](C=O)[C@@]1(C)c1cc(C(C)C)cc(C(C)C)c1. The van der Waals surface area contributed by atoms with E-state index >= 15 is 0 Å². The first-order valence-corrected chi connectivity index (χ1v) is 23.9. The highest BCUT2D eigenvalue weighted by atomic mass is 16.5. The van der Waals surface area contributed by atoms with Crippen LogP contribution in [0.3, 0.4) is 0 Å². The Hall–Kier alpha value is -3.37. The van der Waals surface area contributed by atoms with Crippen LogP contribution in [0.2, 0.25) is 0 Å². The third-order valence-corrected chi connectivity index (χ3v) is 15.8. The molecule has 0 unspecified atom stereocenters. The molecule has 3 aliphatic rings. The Kier molecular flexibility index (Phi) is 16.5. The van der Waals surface area contributed by atoms with Crippen LogP contribution in [0.4, 0.5) is 0 Å². The normalized spacial score (nSPS) is 28.7. The van der Waals surface area contributed by atoms with Gasteiger partial charge in [0, 0.05) is 47.0 Å². The van der Waals surface area contributed by atoms with Crippen LogP contribution in [0.15, 0.2) is 54.6 Å². The number of ether oxygens (including phenoxy) is 1. The van der Waals surface area contributed by atoms with Gasteiger partial charge in [-0.1, -0.05) is 185 Å². The van der Waals surface area contributed by atoms with Crippen molar-refractivity contribution < 1.29 is 19.1 Å². The number of carbonyl (C=O) groups excluding carboxylic acids is 3. The highest BCUT2D eigenvalue weighted by Gasteiger charge is 2.63. The third kappa shape index (κ3) is 10.1. The number of aldehydes is 3. The number of rotatable bonds is 16. The van der Waals surface area contributed by atoms with Crippen molar-refractivity contribution in [3.05, 3.63) is 105 Å². The van der Waals surface area contributed by atoms with E-state index in [0.29, 0.717) is 59.9 Å². The van der Waals surface area contributed by atoms with Gasteiger partial charge in [-0.2, -0.15) is 0 Å². The second-order valence-electron chi connectivity index (χ2n) is 21.5. The van der Waals surface area contributed by atoms with Gasteiger partial charge in [-0.05, 0) is 97.4 Å². The van der Waals surface area contributed by atoms with E-state index in [0.717, 1.165) is 19.1 Å². The fourth-order valence-electron chi connectivity index (χ4n) is 10.6. The molecule has 336 valence electrons. The fraction of sp³-hybridized carbons (Fsp3) is 0.632. The molecule has 0 N–H and O–H groups in total. The molecule has 3 saturated carbocycles. The molecule has 0 aromatic heterocycles. The molecule has 0 aliphatic heterocycles. The van der Waals surface area contributed by atoms with E-state index in [1.165, 1.54) is 62.6 Å². The average molecular weight is 833 g/mol. The van der Waals surface area contributed by atoms with Crippen molar-refractivity contribution in [1.29, 1.82) is 0 Å². The summed E-state index contributed by atoms with van der Waals surface area (Å²) in [6.45, 7) is 38.6. The second-order valence-corrected chi connectivity index (χ2v) is 21.5. The zero-order valence-electron chi connectivity index (χ0n) is 41.6. The van der Waals surface area contributed by atoms with Crippen molar-refractivity contribution in [2.45, 2.75) is 182 Å². The zero-order valence-corrected chi connectivity index (χ0v) is 41.6. The Labute approximate surface area is 372 Å². The van der Waals surface area contributed by atoms with E-state index < -0.39 is 0 Å². The van der Waals surface area contributed by atoms with Gasteiger partial charge in [-0.3, -0.25) is 0 Å². The molecule has 3 fully saturated rings. The quantitative estimate of drug-likeness (QED) is 0.135. The maximum Gasteiger partial charge on any atom is 0.124 e. The maximum absolute atomic E-state index is 11.4. The number of hydrogen-bond acceptors (Lipinski definition) is 4. The molecule has 3 aromatic rings. The van der Waals surface area contributed by atoms with Crippen LogP contribution in [-0.4, -0.2) is 32.6 Å². The standard InChI is InChI=1S/C19H28O2.2C19H28O/c1-12(2)14-7-15(13(3)4)9-16(8-14)19(5)17(10-20)18(19)11-21-6;2*1-7-17-18(11-20)19(17,6)16-9-14(12(2)3)8-15(10-16)13(4)5/h7-10,12-13,17-18H,11H2,1-6H3;2*8-13,17-18H,7H2,1-6H3/t17-,18-,19-;2*17-,18+,19-/m110/s1. The molecule has 6 rings (SSSR count). The number of methoxy groups -OCH3 is 1. The topological polar surface area (TPSA) is 60.4 Å². The summed E-state index contributed by atoms with van der Waals surface area (Å²) in [6, 6.07) is 20.9. The molecule has 0 amide bonds. The molecule has 0 radical (unpaired) electrons. The van der Waals surface area contributed by atoms with Gasteiger partial charge < -0.3 is 19.1 Å². The summed E-state index contributed by atoms with van der Waals surface area (Å²) in [5.41, 5.74) is 12.4. The smallest absolute Gasteiger partial charge is 0.124 e. The lowest BCUT2D eigenvalue weighted by atomic mass is 9.86. The van der Waals surface area contributed by atoms with Crippen molar-refractivity contribution in [2.75, 3.05) is 13.7 Å². The zero-order chi connectivity index (χ0) is 45.9. The lowest BCUT2D eigenvalue weighted by molar-refractivity contribution is -0.110. The van der Waals surface area contributed by atoms with Crippen molar-refractivity contribution in [3.63, 3.8) is 0 Å². The van der Waals surface area contributed by atoms with Gasteiger partial charge in [0.2, 0.25) is 0 Å². The average Bonchev–Trinajstić information content (AvgIpc) is 4.16. The first kappa shape index (κ1) is 50.3. The Balaban J connectivity index is 0.000000202. The van der Waals surface area contributed by atoms with E-state index in [1.807, 2.05) is 0 Å². The summed E-state index contributed by atoms with van der Waals surface area (Å²) in [5, 5.41) is 0. The molecule has 3 aromatic carbocycles. The van der Waals surface area contributed by atoms with Gasteiger partial charge in [-0.25, -0.2) is 0 Å². The van der Waals surface area contributed by atoms with Crippen molar-refractivity contribution in [3.8, 4) is 0 Å². The van der Waals surface area contributed by atoms with E-state index in [1.54, 1.807) is 7.11 Å². The van der Waals surface area contributed by atoms with Gasteiger partial charge in [0.05, 0.1) is 6.61 Å². The van der Waals surface area contributed by atoms with Crippen LogP contribution >= 0.6 is 0 Å². The highest BCUT2D eigenvalue weighted by Crippen LogP contribution is 2.62. The molecule has 9 atom stereocenters.